The Labute approximate surface area is 384 Å². The number of furan rings is 2. The van der Waals surface area contributed by atoms with Crippen molar-refractivity contribution in [2.24, 2.45) is 0 Å². The van der Waals surface area contributed by atoms with E-state index in [4.69, 9.17) is 8.83 Å². The third-order valence-corrected chi connectivity index (χ3v) is 13.2. The number of benzene rings is 10. The molecule has 0 fully saturated rings. The molecule has 0 atom stereocenters. The first kappa shape index (κ1) is 39.5. The highest BCUT2D eigenvalue weighted by Crippen LogP contribution is 2.47. The summed E-state index contributed by atoms with van der Waals surface area (Å²) in [6.07, 6.45) is 0. The molecule has 0 spiro atoms. The van der Waals surface area contributed by atoms with E-state index in [1.807, 2.05) is 0 Å². The molecule has 4 heteroatoms. The molecule has 0 aliphatic rings. The van der Waals surface area contributed by atoms with Crippen molar-refractivity contribution in [2.75, 3.05) is 9.80 Å². The topological polar surface area (TPSA) is 32.8 Å². The van der Waals surface area contributed by atoms with Crippen LogP contribution in [0.25, 0.3) is 76.5 Å². The van der Waals surface area contributed by atoms with E-state index in [9.17, 15) is 0 Å². The molecular formula is C62H48N2O2. The number of nitrogens with zero attached hydrogens (tertiary/aromatic N) is 2. The lowest BCUT2D eigenvalue weighted by atomic mass is 9.97. The summed E-state index contributed by atoms with van der Waals surface area (Å²) < 4.78 is 14.0. The Bertz CT molecular complexity index is 3600. The zero-order valence-electron chi connectivity index (χ0n) is 38.0. The quantitative estimate of drug-likeness (QED) is 0.160. The summed E-state index contributed by atoms with van der Waals surface area (Å²) in [7, 11) is 0. The average Bonchev–Trinajstić information content (AvgIpc) is 3.84. The summed E-state index contributed by atoms with van der Waals surface area (Å²) in [5.41, 5.74) is 19.4. The third-order valence-electron chi connectivity index (χ3n) is 13.2. The monoisotopic (exact) mass is 852 g/mol. The number of aryl methyl sites for hydroxylation is 6. The second-order valence-electron chi connectivity index (χ2n) is 18.4. The van der Waals surface area contributed by atoms with Crippen molar-refractivity contribution in [2.45, 2.75) is 41.5 Å². The normalized spacial score (nSPS) is 11.8. The smallest absolute Gasteiger partial charge is 0.147 e. The maximum atomic E-state index is 7.01. The molecule has 12 rings (SSSR count). The van der Waals surface area contributed by atoms with E-state index in [0.29, 0.717) is 0 Å². The zero-order chi connectivity index (χ0) is 44.8. The van der Waals surface area contributed by atoms with Gasteiger partial charge in [-0.15, -0.1) is 0 Å². The largest absolute Gasteiger partial charge is 0.455 e. The van der Waals surface area contributed by atoms with Crippen LogP contribution in [0.2, 0.25) is 0 Å². The fourth-order valence-corrected chi connectivity index (χ4v) is 10.2. The second kappa shape index (κ2) is 15.3. The highest BCUT2D eigenvalue weighted by atomic mass is 16.3. The average molecular weight is 853 g/mol. The molecule has 0 amide bonds. The Kier molecular flexibility index (Phi) is 9.15. The molecule has 10 aromatic carbocycles. The van der Waals surface area contributed by atoms with E-state index >= 15 is 0 Å². The van der Waals surface area contributed by atoms with Crippen LogP contribution in [-0.4, -0.2) is 0 Å². The number of rotatable bonds is 7. The maximum Gasteiger partial charge on any atom is 0.147 e. The molecule has 66 heavy (non-hydrogen) atoms. The van der Waals surface area contributed by atoms with Gasteiger partial charge in [0.2, 0.25) is 0 Å². The third kappa shape index (κ3) is 6.76. The predicted octanol–water partition coefficient (Wildman–Crippen LogP) is 18.2. The van der Waals surface area contributed by atoms with Crippen molar-refractivity contribution in [1.82, 2.24) is 0 Å². The first-order valence-electron chi connectivity index (χ1n) is 22.8. The molecule has 0 radical (unpaired) electrons. The van der Waals surface area contributed by atoms with Gasteiger partial charge in [-0.25, -0.2) is 0 Å². The molecule has 0 saturated heterocycles. The number of hydrogen-bond donors (Lipinski definition) is 0. The van der Waals surface area contributed by atoms with Crippen molar-refractivity contribution >= 4 is 99.5 Å². The SMILES string of the molecule is Cc1ccc(N(c2cc(C)cc(C)c2)c2ccc3cc4c(cc3c2)oc2c(-c3ccccc3)c3oc5cc6cc(N(c7ccc(C)cc7)c7cc(C)cc(C)c7)ccc6cc5c3cc24)cc1. The van der Waals surface area contributed by atoms with Crippen LogP contribution < -0.4 is 9.80 Å². The van der Waals surface area contributed by atoms with E-state index < -0.39 is 0 Å². The van der Waals surface area contributed by atoms with Crippen molar-refractivity contribution in [3.63, 3.8) is 0 Å². The summed E-state index contributed by atoms with van der Waals surface area (Å²) in [6.45, 7) is 12.9. The van der Waals surface area contributed by atoms with Crippen molar-refractivity contribution in [1.29, 1.82) is 0 Å². The summed E-state index contributed by atoms with van der Waals surface area (Å²) >= 11 is 0. The molecular weight excluding hydrogens is 805 g/mol. The number of anilines is 6. The van der Waals surface area contributed by atoms with Gasteiger partial charge < -0.3 is 18.6 Å². The van der Waals surface area contributed by atoms with E-state index in [0.717, 1.165) is 111 Å². The number of fused-ring (bicyclic) bond motifs is 8. The van der Waals surface area contributed by atoms with Gasteiger partial charge in [0, 0.05) is 55.7 Å². The van der Waals surface area contributed by atoms with E-state index in [1.54, 1.807) is 0 Å². The van der Waals surface area contributed by atoms with E-state index in [1.165, 1.54) is 33.4 Å². The molecule has 0 N–H and O–H groups in total. The molecule has 0 aliphatic carbocycles. The Morgan fingerprint density at radius 1 is 0.288 bits per heavy atom. The van der Waals surface area contributed by atoms with Gasteiger partial charge in [0.1, 0.15) is 22.3 Å². The van der Waals surface area contributed by atoms with Crippen LogP contribution in [-0.2, 0) is 0 Å². The van der Waals surface area contributed by atoms with Crippen molar-refractivity contribution in [3.05, 3.63) is 215 Å². The molecule has 4 nitrogen and oxygen atoms in total. The van der Waals surface area contributed by atoms with Crippen LogP contribution in [0, 0.1) is 41.5 Å². The van der Waals surface area contributed by atoms with Gasteiger partial charge in [-0.3, -0.25) is 0 Å². The lowest BCUT2D eigenvalue weighted by Crippen LogP contribution is -2.10. The predicted molar refractivity (Wildman–Crippen MR) is 279 cm³/mol. The molecule has 0 aliphatic heterocycles. The highest BCUT2D eigenvalue weighted by molar-refractivity contribution is 6.24. The summed E-state index contributed by atoms with van der Waals surface area (Å²) in [5.74, 6) is 0. The zero-order valence-corrected chi connectivity index (χ0v) is 38.0. The van der Waals surface area contributed by atoms with E-state index in [2.05, 4.69) is 233 Å². The standard InChI is InChI=1S/C62H48N2O2/c1-37-12-18-48(19-13-37)63(52-26-39(3)24-40(4)27-52)50-22-16-44-32-54-56-36-57-55-33-45-17-23-51(64(49-20-14-38(2)15-21-49)53-28-41(5)25-42(6)29-53)31-47(45)35-59(55)66-62(57)60(43-10-8-7-9-11-43)61(56)65-58(54)34-46(44)30-50/h7-36H,1-6H3. The van der Waals surface area contributed by atoms with Crippen LogP contribution in [0.15, 0.2) is 191 Å². The van der Waals surface area contributed by atoms with Crippen LogP contribution in [0.3, 0.4) is 0 Å². The summed E-state index contributed by atoms with van der Waals surface area (Å²) in [5, 5.41) is 8.82. The number of hydrogen-bond acceptors (Lipinski definition) is 4. The van der Waals surface area contributed by atoms with Crippen LogP contribution in [0.4, 0.5) is 34.1 Å². The molecule has 0 saturated carbocycles. The maximum absolute atomic E-state index is 7.01. The van der Waals surface area contributed by atoms with Crippen molar-refractivity contribution < 1.29 is 8.83 Å². The Hall–Kier alpha value is -8.08. The van der Waals surface area contributed by atoms with Gasteiger partial charge in [0.25, 0.3) is 0 Å². The van der Waals surface area contributed by atoms with Crippen LogP contribution >= 0.6 is 0 Å². The molecule has 0 unspecified atom stereocenters. The highest BCUT2D eigenvalue weighted by Gasteiger charge is 2.23. The summed E-state index contributed by atoms with van der Waals surface area (Å²) in [6, 6.07) is 66.4. The van der Waals surface area contributed by atoms with E-state index in [-0.39, 0.29) is 0 Å². The van der Waals surface area contributed by atoms with Gasteiger partial charge in [0.05, 0.1) is 5.56 Å². The van der Waals surface area contributed by atoms with Crippen LogP contribution in [0.5, 0.6) is 0 Å². The fourth-order valence-electron chi connectivity index (χ4n) is 10.2. The molecule has 318 valence electrons. The Balaban J connectivity index is 1.03. The van der Waals surface area contributed by atoms with Gasteiger partial charge >= 0.3 is 0 Å². The Morgan fingerprint density at radius 2 is 0.697 bits per heavy atom. The van der Waals surface area contributed by atoms with Gasteiger partial charge in [0.15, 0.2) is 0 Å². The Morgan fingerprint density at radius 3 is 1.12 bits per heavy atom. The lowest BCUT2D eigenvalue weighted by molar-refractivity contribution is 0.658. The van der Waals surface area contributed by atoms with Gasteiger partial charge in [-0.2, -0.15) is 0 Å². The van der Waals surface area contributed by atoms with Gasteiger partial charge in [-0.1, -0.05) is 90.0 Å². The second-order valence-corrected chi connectivity index (χ2v) is 18.4. The van der Waals surface area contributed by atoms with Crippen molar-refractivity contribution in [3.8, 4) is 11.1 Å². The first-order valence-corrected chi connectivity index (χ1v) is 22.8. The minimum Gasteiger partial charge on any atom is -0.455 e. The molecule has 12 aromatic rings. The summed E-state index contributed by atoms with van der Waals surface area (Å²) in [4.78, 5) is 4.70. The minimum atomic E-state index is 0.823. The molecule has 2 heterocycles. The molecule has 0 bridgehead atoms. The fraction of sp³-hybridized carbons (Fsp3) is 0.0968. The molecule has 2 aromatic heterocycles. The minimum absolute atomic E-state index is 0.823. The lowest BCUT2D eigenvalue weighted by Gasteiger charge is -2.26. The van der Waals surface area contributed by atoms with Gasteiger partial charge in [-0.05, 0) is 194 Å². The van der Waals surface area contributed by atoms with Crippen LogP contribution in [0.1, 0.15) is 33.4 Å². The first-order chi connectivity index (χ1) is 32.1.